The second-order valence-corrected chi connectivity index (χ2v) is 15.5. The van der Waals surface area contributed by atoms with Crippen LogP contribution < -0.4 is 0 Å². The van der Waals surface area contributed by atoms with E-state index in [2.05, 4.69) is 187 Å². The highest BCUT2D eigenvalue weighted by molar-refractivity contribution is 7.26. The van der Waals surface area contributed by atoms with Gasteiger partial charge in [-0.15, -0.1) is 11.3 Å². The summed E-state index contributed by atoms with van der Waals surface area (Å²) in [6.45, 7) is 0. The first kappa shape index (κ1) is 30.4. The molecule has 2 heteroatoms. The molecule has 1 nitrogen and oxygen atoms in total. The van der Waals surface area contributed by atoms with Crippen molar-refractivity contribution in [3.63, 3.8) is 0 Å². The van der Waals surface area contributed by atoms with Gasteiger partial charge in [-0.2, -0.15) is 0 Å². The summed E-state index contributed by atoms with van der Waals surface area (Å²) in [7, 11) is 0. The molecular formula is C51H35NS. The summed E-state index contributed by atoms with van der Waals surface area (Å²) in [5.41, 5.74) is 15.7. The number of hydrogen-bond donors (Lipinski definition) is 0. The monoisotopic (exact) mass is 693 g/mol. The molecule has 1 aliphatic carbocycles. The van der Waals surface area contributed by atoms with Gasteiger partial charge >= 0.3 is 0 Å². The van der Waals surface area contributed by atoms with Crippen molar-refractivity contribution in [1.82, 2.24) is 4.57 Å². The largest absolute Gasteiger partial charge is 0.309 e. The Balaban J connectivity index is 1.08. The number of para-hydroxylation sites is 1. The van der Waals surface area contributed by atoms with Crippen molar-refractivity contribution in [2.45, 2.75) is 18.8 Å². The van der Waals surface area contributed by atoms with E-state index in [9.17, 15) is 0 Å². The van der Waals surface area contributed by atoms with Gasteiger partial charge in [0.2, 0.25) is 0 Å². The topological polar surface area (TPSA) is 4.93 Å². The molecule has 0 fully saturated rings. The molecule has 0 radical (unpaired) electrons. The third kappa shape index (κ3) is 4.90. The highest BCUT2D eigenvalue weighted by atomic mass is 32.1. The van der Waals surface area contributed by atoms with Crippen LogP contribution in [0.25, 0.3) is 81.0 Å². The molecule has 2 heterocycles. The van der Waals surface area contributed by atoms with Crippen LogP contribution in [-0.2, 0) is 6.42 Å². The van der Waals surface area contributed by atoms with Gasteiger partial charge in [0.05, 0.1) is 11.0 Å². The Bertz CT molecular complexity index is 3000. The summed E-state index contributed by atoms with van der Waals surface area (Å²) in [6, 6.07) is 67.8. The van der Waals surface area contributed by atoms with Crippen LogP contribution in [0.1, 0.15) is 29.0 Å². The summed E-state index contributed by atoms with van der Waals surface area (Å²) in [5.74, 6) is 0.370. The smallest absolute Gasteiger partial charge is 0.0541 e. The summed E-state index contributed by atoms with van der Waals surface area (Å²) >= 11 is 1.88. The molecule has 1 atom stereocenters. The molecule has 250 valence electrons. The Morgan fingerprint density at radius 3 is 2.09 bits per heavy atom. The fourth-order valence-corrected chi connectivity index (χ4v) is 10.1. The minimum absolute atomic E-state index is 0.370. The molecule has 0 saturated carbocycles. The summed E-state index contributed by atoms with van der Waals surface area (Å²) in [4.78, 5) is 0. The predicted octanol–water partition coefficient (Wildman–Crippen LogP) is 14.2. The number of benzene rings is 8. The normalized spacial score (nSPS) is 14.1. The second-order valence-electron chi connectivity index (χ2n) is 14.4. The lowest BCUT2D eigenvalue weighted by molar-refractivity contribution is 0.726. The first-order valence-electron chi connectivity index (χ1n) is 18.6. The van der Waals surface area contributed by atoms with Gasteiger partial charge in [0.25, 0.3) is 0 Å². The van der Waals surface area contributed by atoms with Crippen molar-refractivity contribution in [3.8, 4) is 39.1 Å². The fourth-order valence-electron chi connectivity index (χ4n) is 9.00. The molecule has 11 rings (SSSR count). The summed E-state index contributed by atoms with van der Waals surface area (Å²) in [6.07, 6.45) is 2.19. The van der Waals surface area contributed by atoms with Gasteiger partial charge in [-0.05, 0) is 111 Å². The zero-order valence-corrected chi connectivity index (χ0v) is 30.0. The standard InChI is InChI=1S/C51H35NS/c1-3-12-33(13-4-1)40-26-22-35-16-7-8-17-39(35)44-30-36(23-27-42(40)44)37-24-28-48-45(31-37)43-18-9-10-20-47(43)52(48)38-25-29-49-46(32-38)51-41(19-11-21-50(51)53-49)34-14-5-2-6-15-34/h1-21,23-25,27-32,40H,22,26H2. The lowest BCUT2D eigenvalue weighted by Gasteiger charge is -2.19. The number of hydrogen-bond acceptors (Lipinski definition) is 1. The predicted molar refractivity (Wildman–Crippen MR) is 227 cm³/mol. The van der Waals surface area contributed by atoms with Crippen molar-refractivity contribution < 1.29 is 0 Å². The van der Waals surface area contributed by atoms with Crippen molar-refractivity contribution in [3.05, 3.63) is 199 Å². The van der Waals surface area contributed by atoms with Gasteiger partial charge in [-0.25, -0.2) is 0 Å². The molecule has 8 aromatic carbocycles. The van der Waals surface area contributed by atoms with E-state index in [1.54, 1.807) is 0 Å². The minimum atomic E-state index is 0.370. The van der Waals surface area contributed by atoms with Crippen LogP contribution in [0.3, 0.4) is 0 Å². The minimum Gasteiger partial charge on any atom is -0.309 e. The molecule has 0 N–H and O–H groups in total. The Morgan fingerprint density at radius 2 is 1.19 bits per heavy atom. The average Bonchev–Trinajstić information content (AvgIpc) is 3.71. The van der Waals surface area contributed by atoms with E-state index in [0.717, 1.165) is 12.8 Å². The molecule has 1 unspecified atom stereocenters. The zero-order valence-electron chi connectivity index (χ0n) is 29.2. The van der Waals surface area contributed by atoms with Crippen LogP contribution >= 0.6 is 11.3 Å². The Labute approximate surface area is 313 Å². The SMILES string of the molecule is c1ccc(-c2cccc3sc4ccc(-n5c6ccccc6c6cc(-c7ccc8c(c7)-c7ccccc7CCC8c7ccccc7)ccc65)cc4c23)cc1. The van der Waals surface area contributed by atoms with Crippen molar-refractivity contribution in [2.24, 2.45) is 0 Å². The summed E-state index contributed by atoms with van der Waals surface area (Å²) < 4.78 is 5.10. The first-order valence-corrected chi connectivity index (χ1v) is 19.4. The van der Waals surface area contributed by atoms with Crippen molar-refractivity contribution >= 4 is 53.3 Å². The van der Waals surface area contributed by atoms with E-state index in [0.29, 0.717) is 5.92 Å². The maximum absolute atomic E-state index is 2.46. The number of thiophene rings is 1. The van der Waals surface area contributed by atoms with Gasteiger partial charge < -0.3 is 4.57 Å². The van der Waals surface area contributed by atoms with Gasteiger partial charge in [0, 0.05) is 42.6 Å². The number of nitrogens with zero attached hydrogens (tertiary/aromatic N) is 1. The number of rotatable bonds is 4. The number of aromatic nitrogens is 1. The van der Waals surface area contributed by atoms with Gasteiger partial charge in [-0.3, -0.25) is 0 Å². The molecule has 1 aliphatic rings. The van der Waals surface area contributed by atoms with Crippen molar-refractivity contribution in [1.29, 1.82) is 0 Å². The van der Waals surface area contributed by atoms with E-state index < -0.39 is 0 Å². The van der Waals surface area contributed by atoms with Gasteiger partial charge in [0.1, 0.15) is 0 Å². The van der Waals surface area contributed by atoms with Crippen LogP contribution in [0, 0.1) is 0 Å². The van der Waals surface area contributed by atoms with Gasteiger partial charge in [-0.1, -0.05) is 133 Å². The molecule has 0 aliphatic heterocycles. The Hall–Kier alpha value is -6.22. The van der Waals surface area contributed by atoms with E-state index in [-0.39, 0.29) is 0 Å². The first-order chi connectivity index (χ1) is 26.3. The third-order valence-corrected chi connectivity index (χ3v) is 12.6. The fraction of sp³-hybridized carbons (Fsp3) is 0.0588. The molecule has 53 heavy (non-hydrogen) atoms. The van der Waals surface area contributed by atoms with E-state index in [1.807, 2.05) is 11.3 Å². The molecule has 0 amide bonds. The number of fused-ring (bicyclic) bond motifs is 9. The van der Waals surface area contributed by atoms with Crippen LogP contribution in [0.15, 0.2) is 182 Å². The highest BCUT2D eigenvalue weighted by Gasteiger charge is 2.24. The lowest BCUT2D eigenvalue weighted by Crippen LogP contribution is -2.02. The number of aryl methyl sites for hydroxylation is 1. The third-order valence-electron chi connectivity index (χ3n) is 11.5. The van der Waals surface area contributed by atoms with Gasteiger partial charge in [0.15, 0.2) is 0 Å². The molecule has 0 spiro atoms. The molecular weight excluding hydrogens is 659 g/mol. The quantitative estimate of drug-likeness (QED) is 0.173. The maximum Gasteiger partial charge on any atom is 0.0541 e. The molecule has 10 aromatic rings. The molecule has 0 bridgehead atoms. The van der Waals surface area contributed by atoms with E-state index in [1.165, 1.54) is 97.7 Å². The average molecular weight is 694 g/mol. The Morgan fingerprint density at radius 1 is 0.453 bits per heavy atom. The van der Waals surface area contributed by atoms with E-state index >= 15 is 0 Å². The van der Waals surface area contributed by atoms with Crippen LogP contribution in [0.5, 0.6) is 0 Å². The van der Waals surface area contributed by atoms with Crippen LogP contribution in [0.4, 0.5) is 0 Å². The maximum atomic E-state index is 2.46. The van der Waals surface area contributed by atoms with E-state index in [4.69, 9.17) is 0 Å². The Kier molecular flexibility index (Phi) is 6.99. The second kappa shape index (κ2) is 12.2. The zero-order chi connectivity index (χ0) is 34.9. The molecule has 0 saturated heterocycles. The lowest BCUT2D eigenvalue weighted by atomic mass is 9.84. The summed E-state index contributed by atoms with van der Waals surface area (Å²) in [5, 5.41) is 5.19. The van der Waals surface area contributed by atoms with Crippen molar-refractivity contribution in [2.75, 3.05) is 0 Å². The van der Waals surface area contributed by atoms with Crippen LogP contribution in [0.2, 0.25) is 0 Å². The highest BCUT2D eigenvalue weighted by Crippen LogP contribution is 2.45. The van der Waals surface area contributed by atoms with Crippen LogP contribution in [-0.4, -0.2) is 4.57 Å². The molecule has 2 aromatic heterocycles.